The van der Waals surface area contributed by atoms with Gasteiger partial charge in [-0.15, -0.1) is 0 Å². The summed E-state index contributed by atoms with van der Waals surface area (Å²) in [5.41, 5.74) is 1.82. The van der Waals surface area contributed by atoms with Crippen LogP contribution in [-0.2, 0) is 6.42 Å². The summed E-state index contributed by atoms with van der Waals surface area (Å²) in [6.45, 7) is 0. The first kappa shape index (κ1) is 17.9. The lowest BCUT2D eigenvalue weighted by Gasteiger charge is -2.15. The van der Waals surface area contributed by atoms with Crippen LogP contribution in [0.2, 0.25) is 0 Å². The van der Waals surface area contributed by atoms with Gasteiger partial charge in [0.2, 0.25) is 0 Å². The summed E-state index contributed by atoms with van der Waals surface area (Å²) in [5.74, 6) is 2.76. The van der Waals surface area contributed by atoms with Gasteiger partial charge in [-0.3, -0.25) is 0 Å². The SMILES string of the molecule is COc1ccc(CCC(O)c2ccc(OC)c(OC)c2)c(OC)c1. The minimum atomic E-state index is -0.600. The molecule has 0 bridgehead atoms. The van der Waals surface area contributed by atoms with Crippen molar-refractivity contribution in [3.8, 4) is 23.0 Å². The first-order valence-corrected chi connectivity index (χ1v) is 7.73. The molecule has 2 aromatic carbocycles. The summed E-state index contributed by atoms with van der Waals surface area (Å²) < 4.78 is 21.1. The molecule has 0 radical (unpaired) electrons. The molecular weight excluding hydrogens is 308 g/mol. The Kier molecular flexibility index (Phi) is 6.32. The van der Waals surface area contributed by atoms with E-state index in [0.717, 1.165) is 22.6 Å². The van der Waals surface area contributed by atoms with Crippen molar-refractivity contribution in [3.05, 3.63) is 47.5 Å². The molecule has 2 rings (SSSR count). The van der Waals surface area contributed by atoms with Crippen LogP contribution in [0, 0.1) is 0 Å². The first-order chi connectivity index (χ1) is 11.6. The van der Waals surface area contributed by atoms with Gasteiger partial charge in [0.15, 0.2) is 11.5 Å². The average molecular weight is 332 g/mol. The third-order valence-corrected chi connectivity index (χ3v) is 3.97. The van der Waals surface area contributed by atoms with E-state index in [-0.39, 0.29) is 0 Å². The zero-order valence-corrected chi connectivity index (χ0v) is 14.5. The van der Waals surface area contributed by atoms with Crippen molar-refractivity contribution in [1.82, 2.24) is 0 Å². The summed E-state index contributed by atoms with van der Waals surface area (Å²) in [5, 5.41) is 10.5. The van der Waals surface area contributed by atoms with Gasteiger partial charge in [0, 0.05) is 6.07 Å². The Morgan fingerprint density at radius 1 is 0.792 bits per heavy atom. The molecule has 5 heteroatoms. The maximum absolute atomic E-state index is 10.5. The number of ether oxygens (including phenoxy) is 4. The molecule has 24 heavy (non-hydrogen) atoms. The third kappa shape index (κ3) is 4.11. The number of aliphatic hydroxyl groups excluding tert-OH is 1. The summed E-state index contributed by atoms with van der Waals surface area (Å²) in [4.78, 5) is 0. The zero-order valence-electron chi connectivity index (χ0n) is 14.5. The molecule has 0 aliphatic carbocycles. The van der Waals surface area contributed by atoms with Gasteiger partial charge in [-0.25, -0.2) is 0 Å². The Balaban J connectivity index is 2.09. The normalized spacial score (nSPS) is 11.7. The molecule has 130 valence electrons. The Morgan fingerprint density at radius 2 is 1.50 bits per heavy atom. The second kappa shape index (κ2) is 8.45. The van der Waals surface area contributed by atoms with E-state index in [0.29, 0.717) is 24.3 Å². The number of methoxy groups -OCH3 is 4. The molecule has 2 aromatic rings. The molecule has 0 saturated carbocycles. The molecule has 0 aromatic heterocycles. The van der Waals surface area contributed by atoms with Crippen molar-refractivity contribution in [1.29, 1.82) is 0 Å². The molecule has 0 aliphatic rings. The lowest BCUT2D eigenvalue weighted by molar-refractivity contribution is 0.167. The van der Waals surface area contributed by atoms with E-state index in [1.807, 2.05) is 24.3 Å². The van der Waals surface area contributed by atoms with E-state index in [9.17, 15) is 5.11 Å². The van der Waals surface area contributed by atoms with Crippen LogP contribution in [0.25, 0.3) is 0 Å². The number of rotatable bonds is 8. The van der Waals surface area contributed by atoms with E-state index < -0.39 is 6.10 Å². The quantitative estimate of drug-likeness (QED) is 0.803. The van der Waals surface area contributed by atoms with Gasteiger partial charge in [-0.1, -0.05) is 12.1 Å². The molecule has 0 saturated heterocycles. The van der Waals surface area contributed by atoms with Gasteiger partial charge in [-0.2, -0.15) is 0 Å². The fourth-order valence-electron chi connectivity index (χ4n) is 2.58. The monoisotopic (exact) mass is 332 g/mol. The molecule has 1 N–H and O–H groups in total. The lowest BCUT2D eigenvalue weighted by atomic mass is 10.0. The molecule has 0 aliphatic heterocycles. The lowest BCUT2D eigenvalue weighted by Crippen LogP contribution is -2.02. The van der Waals surface area contributed by atoms with E-state index >= 15 is 0 Å². The van der Waals surface area contributed by atoms with Crippen molar-refractivity contribution in [2.24, 2.45) is 0 Å². The van der Waals surface area contributed by atoms with Crippen molar-refractivity contribution < 1.29 is 24.1 Å². The second-order valence-electron chi connectivity index (χ2n) is 5.35. The number of hydrogen-bond donors (Lipinski definition) is 1. The highest BCUT2D eigenvalue weighted by molar-refractivity contribution is 5.44. The first-order valence-electron chi connectivity index (χ1n) is 7.73. The van der Waals surface area contributed by atoms with Gasteiger partial charge in [0.25, 0.3) is 0 Å². The molecule has 0 heterocycles. The summed E-state index contributed by atoms with van der Waals surface area (Å²) in [6, 6.07) is 11.1. The van der Waals surface area contributed by atoms with Gasteiger partial charge in [-0.05, 0) is 42.2 Å². The van der Waals surface area contributed by atoms with Crippen LogP contribution in [0.15, 0.2) is 36.4 Å². The van der Waals surface area contributed by atoms with E-state index in [1.165, 1.54) is 0 Å². The van der Waals surface area contributed by atoms with E-state index in [1.54, 1.807) is 40.6 Å². The molecule has 1 atom stereocenters. The maximum atomic E-state index is 10.5. The van der Waals surface area contributed by atoms with Crippen LogP contribution in [-0.4, -0.2) is 33.5 Å². The Labute approximate surface area is 142 Å². The minimum Gasteiger partial charge on any atom is -0.497 e. The number of hydrogen-bond acceptors (Lipinski definition) is 5. The van der Waals surface area contributed by atoms with Gasteiger partial charge >= 0.3 is 0 Å². The Bertz CT molecular complexity index is 669. The van der Waals surface area contributed by atoms with Crippen LogP contribution in [0.4, 0.5) is 0 Å². The van der Waals surface area contributed by atoms with Crippen LogP contribution in [0.5, 0.6) is 23.0 Å². The Morgan fingerprint density at radius 3 is 2.12 bits per heavy atom. The van der Waals surface area contributed by atoms with Crippen molar-refractivity contribution >= 4 is 0 Å². The average Bonchev–Trinajstić information content (AvgIpc) is 2.65. The number of aliphatic hydroxyl groups is 1. The van der Waals surface area contributed by atoms with Crippen LogP contribution in [0.1, 0.15) is 23.7 Å². The smallest absolute Gasteiger partial charge is 0.161 e. The summed E-state index contributed by atoms with van der Waals surface area (Å²) in [7, 11) is 6.42. The predicted octanol–water partition coefficient (Wildman–Crippen LogP) is 3.39. The fraction of sp³-hybridized carbons (Fsp3) is 0.368. The van der Waals surface area contributed by atoms with Crippen molar-refractivity contribution in [3.63, 3.8) is 0 Å². The number of benzene rings is 2. The maximum Gasteiger partial charge on any atom is 0.161 e. The highest BCUT2D eigenvalue weighted by Gasteiger charge is 2.13. The predicted molar refractivity (Wildman–Crippen MR) is 92.4 cm³/mol. The van der Waals surface area contributed by atoms with Crippen LogP contribution >= 0.6 is 0 Å². The van der Waals surface area contributed by atoms with Crippen molar-refractivity contribution in [2.45, 2.75) is 18.9 Å². The zero-order chi connectivity index (χ0) is 17.5. The highest BCUT2D eigenvalue weighted by Crippen LogP contribution is 2.32. The van der Waals surface area contributed by atoms with Crippen LogP contribution in [0.3, 0.4) is 0 Å². The molecule has 0 fully saturated rings. The van der Waals surface area contributed by atoms with Gasteiger partial charge in [0.05, 0.1) is 34.5 Å². The molecule has 0 amide bonds. The molecule has 5 nitrogen and oxygen atoms in total. The summed E-state index contributed by atoms with van der Waals surface area (Å²) in [6.07, 6.45) is 0.650. The van der Waals surface area contributed by atoms with E-state index in [4.69, 9.17) is 18.9 Å². The molecule has 0 spiro atoms. The molecule has 1 unspecified atom stereocenters. The Hall–Kier alpha value is -2.40. The van der Waals surface area contributed by atoms with Gasteiger partial charge < -0.3 is 24.1 Å². The minimum absolute atomic E-state index is 0.568. The number of aryl methyl sites for hydroxylation is 1. The van der Waals surface area contributed by atoms with Gasteiger partial charge in [0.1, 0.15) is 11.5 Å². The standard InChI is InChI=1S/C19H24O5/c1-21-15-8-5-13(18(12-15)23-3)6-9-16(20)14-7-10-17(22-2)19(11-14)24-4/h5,7-8,10-12,16,20H,6,9H2,1-4H3. The highest BCUT2D eigenvalue weighted by atomic mass is 16.5. The summed E-state index contributed by atoms with van der Waals surface area (Å²) >= 11 is 0. The second-order valence-corrected chi connectivity index (χ2v) is 5.35. The fourth-order valence-corrected chi connectivity index (χ4v) is 2.58. The topological polar surface area (TPSA) is 57.2 Å². The molecular formula is C19H24O5. The largest absolute Gasteiger partial charge is 0.497 e. The van der Waals surface area contributed by atoms with Crippen LogP contribution < -0.4 is 18.9 Å². The third-order valence-electron chi connectivity index (χ3n) is 3.97. The van der Waals surface area contributed by atoms with E-state index in [2.05, 4.69) is 0 Å². The van der Waals surface area contributed by atoms with Crippen molar-refractivity contribution in [2.75, 3.05) is 28.4 Å².